The lowest BCUT2D eigenvalue weighted by atomic mass is 10.0. The number of rotatable bonds is 5. The van der Waals surface area contributed by atoms with Gasteiger partial charge in [-0.05, 0) is 13.8 Å². The molecule has 0 aliphatic rings. The smallest absolute Gasteiger partial charge is 0.309 e. The van der Waals surface area contributed by atoms with Crippen molar-refractivity contribution in [1.82, 2.24) is 20.1 Å². The molecule has 6 heteroatoms. The van der Waals surface area contributed by atoms with E-state index in [1.165, 1.54) is 7.11 Å². The third-order valence-corrected chi connectivity index (χ3v) is 2.97. The Morgan fingerprint density at radius 1 is 1.47 bits per heavy atom. The molecule has 0 amide bonds. The van der Waals surface area contributed by atoms with Crippen molar-refractivity contribution in [2.75, 3.05) is 7.11 Å². The molecule has 0 saturated heterocycles. The summed E-state index contributed by atoms with van der Waals surface area (Å²) in [4.78, 5) is 11.4. The minimum Gasteiger partial charge on any atom is -0.469 e. The molecule has 0 aromatic carbocycles. The zero-order valence-electron chi connectivity index (χ0n) is 11.0. The number of carbonyl (C=O) groups excluding carboxylic acids is 1. The van der Waals surface area contributed by atoms with Crippen molar-refractivity contribution in [3.8, 4) is 0 Å². The molecule has 1 aromatic heterocycles. The second-order valence-electron chi connectivity index (χ2n) is 4.29. The SMILES string of the molecule is COC(=O)C(C)C(C)NC(C)c1nncn1C. The van der Waals surface area contributed by atoms with E-state index in [-0.39, 0.29) is 24.0 Å². The van der Waals surface area contributed by atoms with Crippen molar-refractivity contribution in [2.45, 2.75) is 32.9 Å². The van der Waals surface area contributed by atoms with Crippen LogP contribution < -0.4 is 5.32 Å². The van der Waals surface area contributed by atoms with Crippen molar-refractivity contribution in [1.29, 1.82) is 0 Å². The average Bonchev–Trinajstić information content (AvgIpc) is 2.73. The van der Waals surface area contributed by atoms with Crippen molar-refractivity contribution in [2.24, 2.45) is 13.0 Å². The highest BCUT2D eigenvalue weighted by molar-refractivity contribution is 5.72. The molecule has 1 N–H and O–H groups in total. The van der Waals surface area contributed by atoms with Crippen molar-refractivity contribution in [3.05, 3.63) is 12.2 Å². The van der Waals surface area contributed by atoms with E-state index >= 15 is 0 Å². The van der Waals surface area contributed by atoms with E-state index in [1.807, 2.05) is 32.4 Å². The van der Waals surface area contributed by atoms with Gasteiger partial charge in [0.2, 0.25) is 0 Å². The van der Waals surface area contributed by atoms with Crippen LogP contribution in [-0.4, -0.2) is 33.9 Å². The molecule has 1 aromatic rings. The van der Waals surface area contributed by atoms with Crippen LogP contribution in [0.5, 0.6) is 0 Å². The molecular formula is C11H20N4O2. The summed E-state index contributed by atoms with van der Waals surface area (Å²) in [6.45, 7) is 5.78. The number of aromatic nitrogens is 3. The number of nitrogens with one attached hydrogen (secondary N) is 1. The molecule has 96 valence electrons. The third kappa shape index (κ3) is 3.26. The first-order chi connectivity index (χ1) is 7.97. The Morgan fingerprint density at radius 3 is 2.59 bits per heavy atom. The first-order valence-electron chi connectivity index (χ1n) is 5.65. The van der Waals surface area contributed by atoms with Crippen LogP contribution in [0.3, 0.4) is 0 Å². The van der Waals surface area contributed by atoms with Crippen LogP contribution in [0.15, 0.2) is 6.33 Å². The molecule has 0 bridgehead atoms. The van der Waals surface area contributed by atoms with Gasteiger partial charge in [0.15, 0.2) is 0 Å². The Labute approximate surface area is 101 Å². The van der Waals surface area contributed by atoms with Gasteiger partial charge in [0.05, 0.1) is 19.1 Å². The highest BCUT2D eigenvalue weighted by atomic mass is 16.5. The Bertz CT molecular complexity index is 377. The summed E-state index contributed by atoms with van der Waals surface area (Å²) in [5.41, 5.74) is 0. The molecule has 0 aliphatic carbocycles. The monoisotopic (exact) mass is 240 g/mol. The van der Waals surface area contributed by atoms with E-state index in [0.29, 0.717) is 0 Å². The standard InChI is InChI=1S/C11H20N4O2/c1-7(11(16)17-5)8(2)13-9(3)10-14-12-6-15(10)4/h6-9,13H,1-5H3. The number of hydrogen-bond donors (Lipinski definition) is 1. The second-order valence-corrected chi connectivity index (χ2v) is 4.29. The summed E-state index contributed by atoms with van der Waals surface area (Å²) in [6.07, 6.45) is 1.65. The minimum absolute atomic E-state index is 0.00847. The molecule has 0 aliphatic heterocycles. The summed E-state index contributed by atoms with van der Waals surface area (Å²) >= 11 is 0. The maximum absolute atomic E-state index is 11.4. The van der Waals surface area contributed by atoms with Crippen LogP contribution in [0.4, 0.5) is 0 Å². The van der Waals surface area contributed by atoms with E-state index in [0.717, 1.165) is 5.82 Å². The Hall–Kier alpha value is -1.43. The van der Waals surface area contributed by atoms with E-state index in [4.69, 9.17) is 4.74 Å². The lowest BCUT2D eigenvalue weighted by Crippen LogP contribution is -2.38. The van der Waals surface area contributed by atoms with E-state index < -0.39 is 0 Å². The fourth-order valence-electron chi connectivity index (χ4n) is 1.69. The summed E-state index contributed by atoms with van der Waals surface area (Å²) in [6, 6.07) is 0.0405. The predicted octanol–water partition coefficient (Wildman–Crippen LogP) is 0.663. The molecule has 1 heterocycles. The number of aryl methyl sites for hydroxylation is 1. The number of ether oxygens (including phenoxy) is 1. The van der Waals surface area contributed by atoms with Gasteiger partial charge < -0.3 is 14.6 Å². The van der Waals surface area contributed by atoms with Crippen LogP contribution >= 0.6 is 0 Å². The van der Waals surface area contributed by atoms with Crippen LogP contribution in [0.25, 0.3) is 0 Å². The van der Waals surface area contributed by atoms with Crippen molar-refractivity contribution < 1.29 is 9.53 Å². The maximum atomic E-state index is 11.4. The largest absolute Gasteiger partial charge is 0.469 e. The van der Waals surface area contributed by atoms with Gasteiger partial charge >= 0.3 is 5.97 Å². The Kier molecular flexibility index (Phi) is 4.62. The molecule has 0 spiro atoms. The third-order valence-electron chi connectivity index (χ3n) is 2.97. The van der Waals surface area contributed by atoms with Gasteiger partial charge in [0.25, 0.3) is 0 Å². The second kappa shape index (κ2) is 5.77. The minimum atomic E-state index is -0.213. The average molecular weight is 240 g/mol. The number of methoxy groups -OCH3 is 1. The molecular weight excluding hydrogens is 220 g/mol. The van der Waals surface area contributed by atoms with E-state index in [1.54, 1.807) is 6.33 Å². The topological polar surface area (TPSA) is 69.0 Å². The molecule has 0 radical (unpaired) electrons. The molecule has 6 nitrogen and oxygen atoms in total. The molecule has 0 fully saturated rings. The summed E-state index contributed by atoms with van der Waals surface area (Å²) in [7, 11) is 3.29. The molecule has 1 rings (SSSR count). The van der Waals surface area contributed by atoms with Gasteiger partial charge in [0, 0.05) is 13.1 Å². The van der Waals surface area contributed by atoms with E-state index in [9.17, 15) is 4.79 Å². The van der Waals surface area contributed by atoms with Crippen LogP contribution in [0.2, 0.25) is 0 Å². The number of hydrogen-bond acceptors (Lipinski definition) is 5. The zero-order chi connectivity index (χ0) is 13.0. The highest BCUT2D eigenvalue weighted by Gasteiger charge is 2.23. The lowest BCUT2D eigenvalue weighted by Gasteiger charge is -2.23. The summed E-state index contributed by atoms with van der Waals surface area (Å²) in [5.74, 6) is 0.430. The fraction of sp³-hybridized carbons (Fsp3) is 0.727. The number of esters is 1. The van der Waals surface area contributed by atoms with Crippen LogP contribution in [0, 0.1) is 5.92 Å². The molecule has 3 unspecified atom stereocenters. The fourth-order valence-corrected chi connectivity index (χ4v) is 1.69. The van der Waals surface area contributed by atoms with Gasteiger partial charge in [-0.2, -0.15) is 0 Å². The van der Waals surface area contributed by atoms with Gasteiger partial charge in [0.1, 0.15) is 12.2 Å². The van der Waals surface area contributed by atoms with Gasteiger partial charge in [-0.15, -0.1) is 10.2 Å². The zero-order valence-corrected chi connectivity index (χ0v) is 11.0. The van der Waals surface area contributed by atoms with Crippen molar-refractivity contribution >= 4 is 5.97 Å². The van der Waals surface area contributed by atoms with Gasteiger partial charge in [-0.3, -0.25) is 4.79 Å². The van der Waals surface area contributed by atoms with Crippen LogP contribution in [-0.2, 0) is 16.6 Å². The number of carbonyl (C=O) groups is 1. The molecule has 3 atom stereocenters. The van der Waals surface area contributed by atoms with Crippen LogP contribution in [0.1, 0.15) is 32.6 Å². The summed E-state index contributed by atoms with van der Waals surface area (Å²) in [5, 5.41) is 11.2. The van der Waals surface area contributed by atoms with Crippen molar-refractivity contribution in [3.63, 3.8) is 0 Å². The first kappa shape index (κ1) is 13.6. The normalized spacial score (nSPS) is 16.3. The predicted molar refractivity (Wildman–Crippen MR) is 63.2 cm³/mol. The molecule has 17 heavy (non-hydrogen) atoms. The first-order valence-corrected chi connectivity index (χ1v) is 5.65. The Morgan fingerprint density at radius 2 is 2.12 bits per heavy atom. The number of nitrogens with zero attached hydrogens (tertiary/aromatic N) is 3. The van der Waals surface area contributed by atoms with Gasteiger partial charge in [-0.25, -0.2) is 0 Å². The maximum Gasteiger partial charge on any atom is 0.309 e. The summed E-state index contributed by atoms with van der Waals surface area (Å²) < 4.78 is 6.57. The van der Waals surface area contributed by atoms with Gasteiger partial charge in [-0.1, -0.05) is 6.92 Å². The Balaban J connectivity index is 2.60. The highest BCUT2D eigenvalue weighted by Crippen LogP contribution is 2.12. The quantitative estimate of drug-likeness (QED) is 0.766. The van der Waals surface area contributed by atoms with E-state index in [2.05, 4.69) is 15.5 Å². The molecule has 0 saturated carbocycles. The lowest BCUT2D eigenvalue weighted by molar-refractivity contribution is -0.145.